The minimum atomic E-state index is 0.631. The van der Waals surface area contributed by atoms with Crippen LogP contribution in [0, 0.1) is 0 Å². The molecule has 0 atom stereocenters. The van der Waals surface area contributed by atoms with Gasteiger partial charge in [0.1, 0.15) is 5.82 Å². The second-order valence-electron chi connectivity index (χ2n) is 4.12. The highest BCUT2D eigenvalue weighted by Crippen LogP contribution is 2.16. The van der Waals surface area contributed by atoms with Crippen molar-refractivity contribution in [2.75, 3.05) is 0 Å². The van der Waals surface area contributed by atoms with Crippen molar-refractivity contribution in [1.29, 1.82) is 0 Å². The average molecular weight is 251 g/mol. The lowest BCUT2D eigenvalue weighted by Gasteiger charge is -2.11. The van der Waals surface area contributed by atoms with Crippen LogP contribution in [-0.2, 0) is 19.0 Å². The summed E-state index contributed by atoms with van der Waals surface area (Å²) in [5.41, 5.74) is 2.12. The lowest BCUT2D eigenvalue weighted by atomic mass is 10.1. The van der Waals surface area contributed by atoms with Gasteiger partial charge in [0.25, 0.3) is 0 Å². The molecule has 0 unspecified atom stereocenters. The Labute approximate surface area is 111 Å². The molecule has 0 spiro atoms. The van der Waals surface area contributed by atoms with Crippen LogP contribution in [0.1, 0.15) is 11.4 Å². The van der Waals surface area contributed by atoms with Crippen molar-refractivity contribution >= 4 is 23.5 Å². The Bertz CT molecular complexity index is 680. The predicted molar refractivity (Wildman–Crippen MR) is 74.4 cm³/mol. The molecule has 0 bridgehead atoms. The number of para-hydroxylation sites is 1. The van der Waals surface area contributed by atoms with Crippen LogP contribution in [0.15, 0.2) is 59.6 Å². The Hall–Kier alpha value is -2.00. The topological polar surface area (TPSA) is 25.8 Å². The Morgan fingerprint density at radius 1 is 0.833 bits per heavy atom. The van der Waals surface area contributed by atoms with Gasteiger partial charge in [-0.15, -0.1) is 0 Å². The van der Waals surface area contributed by atoms with Crippen LogP contribution < -0.4 is 0 Å². The van der Waals surface area contributed by atoms with E-state index in [1.807, 2.05) is 42.5 Å². The molecule has 0 aliphatic rings. The van der Waals surface area contributed by atoms with E-state index in [1.54, 1.807) is 0 Å². The van der Waals surface area contributed by atoms with Gasteiger partial charge in [-0.05, 0) is 17.0 Å². The summed E-state index contributed by atoms with van der Waals surface area (Å²) in [5.74, 6) is 0.782. The molecule has 1 heterocycles. The van der Waals surface area contributed by atoms with Crippen molar-refractivity contribution in [2.45, 2.75) is 11.4 Å². The third kappa shape index (κ3) is 2.17. The van der Waals surface area contributed by atoms with Crippen LogP contribution in [0.4, 0.5) is 0 Å². The highest BCUT2D eigenvalue weighted by molar-refractivity contribution is 7.59. The predicted octanol–water partition coefficient (Wildman–Crippen LogP) is 3.13. The zero-order valence-electron chi connectivity index (χ0n) is 9.71. The molecule has 88 valence electrons. The number of rotatable bonds is 2. The maximum Gasteiger partial charge on any atom is 0.131 e. The normalized spacial score (nSPS) is 10.7. The smallest absolute Gasteiger partial charge is 0.131 e. The molecule has 3 heteroatoms. The third-order valence-corrected chi connectivity index (χ3v) is 3.13. The Morgan fingerprint density at radius 2 is 1.56 bits per heavy atom. The molecule has 3 aromatic rings. The number of aromatic nitrogens is 2. The van der Waals surface area contributed by atoms with Gasteiger partial charge in [0.15, 0.2) is 0 Å². The fourth-order valence-electron chi connectivity index (χ4n) is 1.95. The molecule has 1 aromatic heterocycles. The summed E-state index contributed by atoms with van der Waals surface area (Å²) in [6.45, 7) is 0. The van der Waals surface area contributed by atoms with E-state index in [2.05, 4.69) is 22.1 Å². The van der Waals surface area contributed by atoms with Gasteiger partial charge in [-0.25, -0.2) is 4.98 Å². The molecule has 0 radical (unpaired) electrons. The zero-order chi connectivity index (χ0) is 12.4. The molecule has 0 saturated heterocycles. The van der Waals surface area contributed by atoms with E-state index in [0.717, 1.165) is 23.1 Å². The van der Waals surface area contributed by atoms with Crippen molar-refractivity contribution in [2.24, 2.45) is 0 Å². The van der Waals surface area contributed by atoms with E-state index in [4.69, 9.17) is 12.6 Å². The van der Waals surface area contributed by atoms with Crippen LogP contribution >= 0.6 is 0 Å². The molecule has 0 aliphatic carbocycles. The summed E-state index contributed by atoms with van der Waals surface area (Å²) in [5, 5.41) is 1.58. The lowest BCUT2D eigenvalue weighted by molar-refractivity contribution is 0.943. The van der Waals surface area contributed by atoms with Crippen LogP contribution in [-0.4, -0.2) is 9.97 Å². The van der Waals surface area contributed by atoms with E-state index < -0.39 is 0 Å². The number of hydrogen-bond acceptors (Lipinski definition) is 3. The van der Waals surface area contributed by atoms with Crippen LogP contribution in [0.3, 0.4) is 0 Å². The first kappa shape index (κ1) is 11.1. The first-order valence-corrected chi connectivity index (χ1v) is 6.20. The molecular weight excluding hydrogens is 240 g/mol. The molecule has 0 aliphatic heterocycles. The van der Waals surface area contributed by atoms with E-state index in [0.29, 0.717) is 5.03 Å². The van der Waals surface area contributed by atoms with Crippen LogP contribution in [0.25, 0.3) is 10.9 Å². The second-order valence-corrected chi connectivity index (χ2v) is 4.51. The summed E-state index contributed by atoms with van der Waals surface area (Å²) in [6, 6.07) is 18.0. The summed E-state index contributed by atoms with van der Waals surface area (Å²) in [7, 11) is 0. The van der Waals surface area contributed by atoms with Gasteiger partial charge in [-0.1, -0.05) is 53.6 Å². The zero-order valence-corrected chi connectivity index (χ0v) is 10.5. The van der Waals surface area contributed by atoms with Gasteiger partial charge < -0.3 is 12.6 Å². The number of fused-ring (bicyclic) bond motifs is 1. The van der Waals surface area contributed by atoms with Crippen molar-refractivity contribution in [3.8, 4) is 0 Å². The molecule has 0 N–H and O–H groups in total. The van der Waals surface area contributed by atoms with Gasteiger partial charge >= 0.3 is 0 Å². The van der Waals surface area contributed by atoms with Crippen LogP contribution in [0.2, 0.25) is 0 Å². The second kappa shape index (κ2) is 4.70. The number of nitrogens with zero attached hydrogens (tertiary/aromatic N) is 2. The molecular formula is C15H11N2S-. The lowest BCUT2D eigenvalue weighted by Crippen LogP contribution is -1.99. The fraction of sp³-hybridized carbons (Fsp3) is 0.0667. The van der Waals surface area contributed by atoms with Gasteiger partial charge in [-0.3, -0.25) is 4.98 Å². The molecule has 2 nitrogen and oxygen atoms in total. The first-order valence-electron chi connectivity index (χ1n) is 5.79. The summed E-state index contributed by atoms with van der Waals surface area (Å²) < 4.78 is 0. The summed E-state index contributed by atoms with van der Waals surface area (Å²) in [4.78, 5) is 8.95. The van der Waals surface area contributed by atoms with E-state index in [-0.39, 0.29) is 0 Å². The van der Waals surface area contributed by atoms with E-state index in [1.165, 1.54) is 5.56 Å². The van der Waals surface area contributed by atoms with Crippen molar-refractivity contribution in [3.05, 3.63) is 66.0 Å². The van der Waals surface area contributed by atoms with Gasteiger partial charge in [-0.2, -0.15) is 0 Å². The maximum absolute atomic E-state index is 5.31. The summed E-state index contributed by atoms with van der Waals surface area (Å²) in [6.07, 6.45) is 0.718. The molecule has 2 aromatic carbocycles. The quantitative estimate of drug-likeness (QED) is 0.517. The average Bonchev–Trinajstić information content (AvgIpc) is 2.40. The molecule has 0 fully saturated rings. The Kier molecular flexibility index (Phi) is 2.90. The molecule has 0 amide bonds. The molecule has 3 rings (SSSR count). The SMILES string of the molecule is [S-]c1nc(Cc2ccccc2)nc2ccccc12. The van der Waals surface area contributed by atoms with Gasteiger partial charge in [0.05, 0.1) is 5.52 Å². The highest BCUT2D eigenvalue weighted by Gasteiger charge is 2.01. The van der Waals surface area contributed by atoms with Crippen molar-refractivity contribution in [3.63, 3.8) is 0 Å². The van der Waals surface area contributed by atoms with Crippen molar-refractivity contribution in [1.82, 2.24) is 9.97 Å². The third-order valence-electron chi connectivity index (χ3n) is 2.82. The Balaban J connectivity index is 2.03. The van der Waals surface area contributed by atoms with Gasteiger partial charge in [0.2, 0.25) is 0 Å². The van der Waals surface area contributed by atoms with Crippen LogP contribution in [0.5, 0.6) is 0 Å². The Morgan fingerprint density at radius 3 is 2.39 bits per heavy atom. The molecule has 18 heavy (non-hydrogen) atoms. The largest absolute Gasteiger partial charge is 0.759 e. The maximum atomic E-state index is 5.31. The first-order chi connectivity index (χ1) is 8.83. The minimum absolute atomic E-state index is 0.631. The molecule has 0 saturated carbocycles. The van der Waals surface area contributed by atoms with Crippen molar-refractivity contribution < 1.29 is 0 Å². The minimum Gasteiger partial charge on any atom is -0.759 e. The number of hydrogen-bond donors (Lipinski definition) is 0. The highest BCUT2D eigenvalue weighted by atomic mass is 32.1. The fourth-order valence-corrected chi connectivity index (χ4v) is 2.23. The number of benzene rings is 2. The standard InChI is InChI=1S/C15H12N2S/c18-15-12-8-4-5-9-13(12)16-14(17-15)10-11-6-2-1-3-7-11/h1-9H,10H2,(H,16,17,18)/p-1. The van der Waals surface area contributed by atoms with Gasteiger partial charge in [0, 0.05) is 6.42 Å². The van der Waals surface area contributed by atoms with E-state index >= 15 is 0 Å². The monoisotopic (exact) mass is 251 g/mol. The summed E-state index contributed by atoms with van der Waals surface area (Å²) >= 11 is 5.31. The van der Waals surface area contributed by atoms with E-state index in [9.17, 15) is 0 Å².